The number of ether oxygens (including phenoxy) is 1. The Balaban J connectivity index is 1.71. The molecule has 0 bridgehead atoms. The summed E-state index contributed by atoms with van der Waals surface area (Å²) in [6, 6.07) is 15.4. The molecule has 2 aromatic rings. The Morgan fingerprint density at radius 2 is 1.81 bits per heavy atom. The lowest BCUT2D eigenvalue weighted by Gasteiger charge is -2.34. The fraction of sp³-hybridized carbons (Fsp3) is 0.333. The number of aryl methyl sites for hydroxylation is 1. The molecule has 0 fully saturated rings. The third-order valence-corrected chi connectivity index (χ3v) is 4.81. The van der Waals surface area contributed by atoms with Crippen LogP contribution in [0.4, 0.5) is 5.69 Å². The maximum absolute atomic E-state index is 12.5. The van der Waals surface area contributed by atoms with Crippen molar-refractivity contribution in [2.24, 2.45) is 0 Å². The summed E-state index contributed by atoms with van der Waals surface area (Å²) in [6.07, 6.45) is 1.52. The second-order valence-corrected chi connectivity index (χ2v) is 6.52. The van der Waals surface area contributed by atoms with Crippen molar-refractivity contribution in [1.29, 1.82) is 0 Å². The van der Waals surface area contributed by atoms with Crippen LogP contribution in [0.15, 0.2) is 48.5 Å². The van der Waals surface area contributed by atoms with Gasteiger partial charge in [-0.2, -0.15) is 0 Å². The van der Waals surface area contributed by atoms with Crippen LogP contribution >= 0.6 is 0 Å². The second-order valence-electron chi connectivity index (χ2n) is 6.52. The SMILES string of the molecule is CCc1ccc(NC(=O)CN2Cc3ccccc3C[C@@H]2C(=O)OC)cc1. The molecule has 26 heavy (non-hydrogen) atoms. The predicted molar refractivity (Wildman–Crippen MR) is 101 cm³/mol. The van der Waals surface area contributed by atoms with Crippen LogP contribution in [-0.2, 0) is 33.7 Å². The molecule has 0 radical (unpaired) electrons. The van der Waals surface area contributed by atoms with Crippen molar-refractivity contribution in [3.8, 4) is 0 Å². The van der Waals surface area contributed by atoms with E-state index in [1.807, 2.05) is 53.4 Å². The molecular formula is C21H24N2O3. The van der Waals surface area contributed by atoms with E-state index in [0.29, 0.717) is 13.0 Å². The number of fused-ring (bicyclic) bond motifs is 1. The van der Waals surface area contributed by atoms with Crippen LogP contribution in [0.1, 0.15) is 23.6 Å². The van der Waals surface area contributed by atoms with Crippen LogP contribution in [0.5, 0.6) is 0 Å². The van der Waals surface area contributed by atoms with Crippen LogP contribution in [0.25, 0.3) is 0 Å². The van der Waals surface area contributed by atoms with E-state index in [0.717, 1.165) is 23.2 Å². The van der Waals surface area contributed by atoms with Gasteiger partial charge in [-0.1, -0.05) is 43.3 Å². The summed E-state index contributed by atoms with van der Waals surface area (Å²) in [5.74, 6) is -0.442. The number of hydrogen-bond acceptors (Lipinski definition) is 4. The highest BCUT2D eigenvalue weighted by Crippen LogP contribution is 2.24. The first-order valence-electron chi connectivity index (χ1n) is 8.88. The Bertz CT molecular complexity index is 786. The highest BCUT2D eigenvalue weighted by atomic mass is 16.5. The number of amides is 1. The number of methoxy groups -OCH3 is 1. The van der Waals surface area contributed by atoms with Gasteiger partial charge in [0, 0.05) is 12.2 Å². The van der Waals surface area contributed by atoms with Crippen molar-refractivity contribution in [2.75, 3.05) is 19.0 Å². The average molecular weight is 352 g/mol. The molecule has 1 N–H and O–H groups in total. The lowest BCUT2D eigenvalue weighted by Crippen LogP contribution is -2.49. The van der Waals surface area contributed by atoms with Gasteiger partial charge in [-0.3, -0.25) is 14.5 Å². The molecule has 0 unspecified atom stereocenters. The van der Waals surface area contributed by atoms with Crippen molar-refractivity contribution in [3.05, 3.63) is 65.2 Å². The molecule has 136 valence electrons. The van der Waals surface area contributed by atoms with E-state index in [9.17, 15) is 9.59 Å². The molecular weight excluding hydrogens is 328 g/mol. The summed E-state index contributed by atoms with van der Waals surface area (Å²) >= 11 is 0. The number of esters is 1. The lowest BCUT2D eigenvalue weighted by atomic mass is 9.94. The molecule has 5 nitrogen and oxygen atoms in total. The number of nitrogens with zero attached hydrogens (tertiary/aromatic N) is 1. The molecule has 2 aromatic carbocycles. The van der Waals surface area contributed by atoms with Gasteiger partial charge in [0.05, 0.1) is 13.7 Å². The Hall–Kier alpha value is -2.66. The fourth-order valence-corrected chi connectivity index (χ4v) is 3.32. The monoisotopic (exact) mass is 352 g/mol. The number of carbonyl (C=O) groups excluding carboxylic acids is 2. The smallest absolute Gasteiger partial charge is 0.323 e. The normalized spacial score (nSPS) is 16.6. The van der Waals surface area contributed by atoms with Crippen molar-refractivity contribution >= 4 is 17.6 Å². The van der Waals surface area contributed by atoms with Crippen molar-refractivity contribution in [3.63, 3.8) is 0 Å². The number of hydrogen-bond donors (Lipinski definition) is 1. The average Bonchev–Trinajstić information content (AvgIpc) is 2.67. The quantitative estimate of drug-likeness (QED) is 0.841. The minimum absolute atomic E-state index is 0.137. The van der Waals surface area contributed by atoms with Gasteiger partial charge in [0.1, 0.15) is 6.04 Å². The summed E-state index contributed by atoms with van der Waals surface area (Å²) in [7, 11) is 1.39. The Labute approximate surface area is 154 Å². The first kappa shape index (κ1) is 18.1. The van der Waals surface area contributed by atoms with Crippen molar-refractivity contribution in [1.82, 2.24) is 4.90 Å². The lowest BCUT2D eigenvalue weighted by molar-refractivity contribution is -0.148. The van der Waals surface area contributed by atoms with E-state index in [2.05, 4.69) is 12.2 Å². The molecule has 1 aliphatic heterocycles. The third kappa shape index (κ3) is 4.11. The molecule has 1 aliphatic rings. The number of rotatable bonds is 5. The van der Waals surface area contributed by atoms with Gasteiger partial charge in [-0.05, 0) is 41.7 Å². The number of benzene rings is 2. The number of anilines is 1. The van der Waals surface area contributed by atoms with Gasteiger partial charge in [-0.25, -0.2) is 0 Å². The van der Waals surface area contributed by atoms with Crippen molar-refractivity contribution in [2.45, 2.75) is 32.4 Å². The molecule has 0 spiro atoms. The zero-order chi connectivity index (χ0) is 18.5. The molecule has 0 saturated carbocycles. The zero-order valence-electron chi connectivity index (χ0n) is 15.2. The Morgan fingerprint density at radius 1 is 1.12 bits per heavy atom. The first-order chi connectivity index (χ1) is 12.6. The number of nitrogens with one attached hydrogen (secondary N) is 1. The highest BCUT2D eigenvalue weighted by Gasteiger charge is 2.33. The summed E-state index contributed by atoms with van der Waals surface area (Å²) in [5.41, 5.74) is 4.27. The maximum Gasteiger partial charge on any atom is 0.323 e. The maximum atomic E-state index is 12.5. The molecule has 0 saturated heterocycles. The van der Waals surface area contributed by atoms with E-state index >= 15 is 0 Å². The summed E-state index contributed by atoms with van der Waals surface area (Å²) < 4.78 is 4.95. The first-order valence-corrected chi connectivity index (χ1v) is 8.88. The fourth-order valence-electron chi connectivity index (χ4n) is 3.32. The van der Waals surface area contributed by atoms with Gasteiger partial charge in [-0.15, -0.1) is 0 Å². The molecule has 0 aliphatic carbocycles. The number of carbonyl (C=O) groups is 2. The van der Waals surface area contributed by atoms with Gasteiger partial charge < -0.3 is 10.1 Å². The van der Waals surface area contributed by atoms with Gasteiger partial charge in [0.15, 0.2) is 0 Å². The predicted octanol–water partition coefficient (Wildman–Crippen LogP) is 2.79. The van der Waals surface area contributed by atoms with Crippen molar-refractivity contribution < 1.29 is 14.3 Å². The van der Waals surface area contributed by atoms with E-state index in [1.54, 1.807) is 0 Å². The molecule has 0 aromatic heterocycles. The Kier molecular flexibility index (Phi) is 5.68. The van der Waals surface area contributed by atoms with Crippen LogP contribution < -0.4 is 5.32 Å². The minimum Gasteiger partial charge on any atom is -0.468 e. The minimum atomic E-state index is -0.442. The standard InChI is InChI=1S/C21H24N2O3/c1-3-15-8-10-18(11-9-15)22-20(24)14-23-13-17-7-5-4-6-16(17)12-19(23)21(25)26-2/h4-11,19H,3,12-14H2,1-2H3,(H,22,24)/t19-/m1/s1. The van der Waals surface area contributed by atoms with E-state index in [1.165, 1.54) is 12.7 Å². The van der Waals surface area contributed by atoms with Crippen LogP contribution in [0.2, 0.25) is 0 Å². The van der Waals surface area contributed by atoms with Crippen LogP contribution in [0, 0.1) is 0 Å². The van der Waals surface area contributed by atoms with Crippen LogP contribution in [0.3, 0.4) is 0 Å². The third-order valence-electron chi connectivity index (χ3n) is 4.81. The van der Waals surface area contributed by atoms with Gasteiger partial charge in [0.25, 0.3) is 0 Å². The zero-order valence-corrected chi connectivity index (χ0v) is 15.2. The highest BCUT2D eigenvalue weighted by molar-refractivity contribution is 5.92. The molecule has 3 rings (SSSR count). The molecule has 1 atom stereocenters. The van der Waals surface area contributed by atoms with Gasteiger partial charge in [0.2, 0.25) is 5.91 Å². The molecule has 1 heterocycles. The summed E-state index contributed by atoms with van der Waals surface area (Å²) in [6.45, 7) is 2.79. The largest absolute Gasteiger partial charge is 0.468 e. The Morgan fingerprint density at radius 3 is 2.46 bits per heavy atom. The summed E-state index contributed by atoms with van der Waals surface area (Å²) in [4.78, 5) is 26.6. The summed E-state index contributed by atoms with van der Waals surface area (Å²) in [5, 5.41) is 2.91. The van der Waals surface area contributed by atoms with Crippen LogP contribution in [-0.4, -0.2) is 36.5 Å². The molecule has 1 amide bonds. The van der Waals surface area contributed by atoms with E-state index in [-0.39, 0.29) is 18.4 Å². The van der Waals surface area contributed by atoms with Gasteiger partial charge >= 0.3 is 5.97 Å². The topological polar surface area (TPSA) is 58.6 Å². The van der Waals surface area contributed by atoms with E-state index in [4.69, 9.17) is 4.74 Å². The second kappa shape index (κ2) is 8.15. The van der Waals surface area contributed by atoms with E-state index < -0.39 is 6.04 Å². The molecule has 5 heteroatoms.